The van der Waals surface area contributed by atoms with Crippen LogP contribution in [0.15, 0.2) is 18.2 Å². The molecule has 148 valence electrons. The highest BCUT2D eigenvalue weighted by molar-refractivity contribution is 5.58. The molecule has 27 heavy (non-hydrogen) atoms. The Balaban J connectivity index is 1.81. The van der Waals surface area contributed by atoms with Crippen molar-refractivity contribution in [1.82, 2.24) is 9.80 Å². The van der Waals surface area contributed by atoms with Crippen LogP contribution in [-0.2, 0) is 12.7 Å². The first-order valence-corrected chi connectivity index (χ1v) is 9.61. The van der Waals surface area contributed by atoms with Crippen LogP contribution in [0.3, 0.4) is 0 Å². The molecule has 0 saturated carbocycles. The van der Waals surface area contributed by atoms with Crippen LogP contribution in [0.4, 0.5) is 18.9 Å². The number of benzene rings is 1. The molecule has 0 bridgehead atoms. The van der Waals surface area contributed by atoms with E-state index in [9.17, 15) is 13.2 Å². The molecule has 0 unspecified atom stereocenters. The topological polar surface area (TPSA) is 9.72 Å². The Morgan fingerprint density at radius 3 is 2.19 bits per heavy atom. The summed E-state index contributed by atoms with van der Waals surface area (Å²) >= 11 is 0. The first-order valence-electron chi connectivity index (χ1n) is 9.61. The normalized spacial score (nSPS) is 20.1. The highest BCUT2D eigenvalue weighted by Crippen LogP contribution is 2.38. The van der Waals surface area contributed by atoms with Crippen molar-refractivity contribution in [2.24, 2.45) is 0 Å². The number of piperazine rings is 1. The van der Waals surface area contributed by atoms with Gasteiger partial charge in [0.15, 0.2) is 0 Å². The molecule has 0 radical (unpaired) electrons. The van der Waals surface area contributed by atoms with Crippen LogP contribution in [0.25, 0.3) is 0 Å². The van der Waals surface area contributed by atoms with Gasteiger partial charge in [-0.05, 0) is 38.8 Å². The van der Waals surface area contributed by atoms with Crippen molar-refractivity contribution in [1.29, 1.82) is 0 Å². The fraction of sp³-hybridized carbons (Fsp3) is 0.619. The molecule has 2 saturated heterocycles. The number of hydrogen-bond acceptors (Lipinski definition) is 3. The summed E-state index contributed by atoms with van der Waals surface area (Å²) in [5.74, 6) is 2.80. The summed E-state index contributed by atoms with van der Waals surface area (Å²) in [7, 11) is 0. The zero-order valence-corrected chi connectivity index (χ0v) is 16.1. The minimum atomic E-state index is -4.33. The first-order chi connectivity index (χ1) is 12.7. The van der Waals surface area contributed by atoms with Gasteiger partial charge in [-0.1, -0.05) is 12.0 Å². The van der Waals surface area contributed by atoms with Gasteiger partial charge < -0.3 is 4.90 Å². The van der Waals surface area contributed by atoms with Crippen molar-refractivity contribution in [3.8, 4) is 12.3 Å². The molecule has 1 aromatic rings. The summed E-state index contributed by atoms with van der Waals surface area (Å²) < 4.78 is 41.0. The van der Waals surface area contributed by atoms with E-state index in [0.29, 0.717) is 12.1 Å². The SMILES string of the molecule is C#CC(C)(C)N1CCN(Cc2c(N3CCCC3)cccc2C(F)(F)F)CC1. The van der Waals surface area contributed by atoms with Crippen molar-refractivity contribution in [2.45, 2.75) is 44.9 Å². The van der Waals surface area contributed by atoms with Gasteiger partial charge in [-0.3, -0.25) is 9.80 Å². The third kappa shape index (κ3) is 4.41. The lowest BCUT2D eigenvalue weighted by Crippen LogP contribution is -2.53. The van der Waals surface area contributed by atoms with Gasteiger partial charge >= 0.3 is 6.18 Å². The van der Waals surface area contributed by atoms with Crippen molar-refractivity contribution in [3.05, 3.63) is 29.3 Å². The second kappa shape index (κ2) is 7.73. The molecule has 0 aromatic heterocycles. The number of terminal acetylenes is 1. The molecule has 0 atom stereocenters. The predicted octanol–water partition coefficient (Wildman–Crippen LogP) is 3.84. The van der Waals surface area contributed by atoms with E-state index in [1.54, 1.807) is 0 Å². The Kier molecular flexibility index (Phi) is 5.73. The molecule has 2 heterocycles. The van der Waals surface area contributed by atoms with Crippen LogP contribution in [-0.4, -0.2) is 54.6 Å². The fourth-order valence-electron chi connectivity index (χ4n) is 4.04. The molecule has 1 aromatic carbocycles. The van der Waals surface area contributed by atoms with E-state index >= 15 is 0 Å². The summed E-state index contributed by atoms with van der Waals surface area (Å²) in [5, 5.41) is 0. The Morgan fingerprint density at radius 1 is 1.00 bits per heavy atom. The average Bonchev–Trinajstić information content (AvgIpc) is 3.16. The molecule has 3 nitrogen and oxygen atoms in total. The second-order valence-electron chi connectivity index (χ2n) is 7.96. The van der Waals surface area contributed by atoms with E-state index in [0.717, 1.165) is 57.8 Å². The lowest BCUT2D eigenvalue weighted by molar-refractivity contribution is -0.138. The van der Waals surface area contributed by atoms with Gasteiger partial charge in [0.1, 0.15) is 0 Å². The predicted molar refractivity (Wildman–Crippen MR) is 103 cm³/mol. The minimum absolute atomic E-state index is 0.323. The van der Waals surface area contributed by atoms with Gasteiger partial charge in [0.05, 0.1) is 11.1 Å². The molecule has 0 amide bonds. The summed E-state index contributed by atoms with van der Waals surface area (Å²) in [6.07, 6.45) is 3.36. The molecule has 3 rings (SSSR count). The highest BCUT2D eigenvalue weighted by Gasteiger charge is 2.36. The van der Waals surface area contributed by atoms with E-state index < -0.39 is 11.7 Å². The fourth-order valence-corrected chi connectivity index (χ4v) is 4.04. The zero-order chi connectivity index (χ0) is 19.7. The van der Waals surface area contributed by atoms with E-state index in [-0.39, 0.29) is 5.54 Å². The van der Waals surface area contributed by atoms with Gasteiger partial charge in [-0.2, -0.15) is 13.2 Å². The summed E-state index contributed by atoms with van der Waals surface area (Å²) in [5.41, 5.74) is 0.333. The van der Waals surface area contributed by atoms with Crippen molar-refractivity contribution in [3.63, 3.8) is 0 Å². The van der Waals surface area contributed by atoms with E-state index in [1.165, 1.54) is 12.1 Å². The van der Waals surface area contributed by atoms with Crippen LogP contribution < -0.4 is 4.90 Å². The van der Waals surface area contributed by atoms with Gasteiger partial charge in [0.25, 0.3) is 0 Å². The molecule has 6 heteroatoms. The largest absolute Gasteiger partial charge is 0.416 e. The van der Waals surface area contributed by atoms with Crippen molar-refractivity contribution >= 4 is 5.69 Å². The first kappa shape index (κ1) is 20.0. The number of rotatable bonds is 4. The number of hydrogen-bond donors (Lipinski definition) is 0. The van der Waals surface area contributed by atoms with Gasteiger partial charge in [0, 0.05) is 57.1 Å². The molecule has 0 spiro atoms. The Hall–Kier alpha value is -1.71. The van der Waals surface area contributed by atoms with Gasteiger partial charge in [-0.25, -0.2) is 0 Å². The Bertz CT molecular complexity index is 692. The second-order valence-corrected chi connectivity index (χ2v) is 7.96. The van der Waals surface area contributed by atoms with E-state index in [4.69, 9.17) is 6.42 Å². The van der Waals surface area contributed by atoms with Crippen LogP contribution >= 0.6 is 0 Å². The molecule has 2 fully saturated rings. The monoisotopic (exact) mass is 379 g/mol. The third-order valence-electron chi connectivity index (χ3n) is 5.80. The molecular weight excluding hydrogens is 351 g/mol. The van der Waals surface area contributed by atoms with Crippen molar-refractivity contribution in [2.75, 3.05) is 44.2 Å². The number of halogens is 3. The quantitative estimate of drug-likeness (QED) is 0.736. The molecule has 0 N–H and O–H groups in total. The van der Waals surface area contributed by atoms with E-state index in [2.05, 4.69) is 20.6 Å². The molecular formula is C21H28F3N3. The van der Waals surface area contributed by atoms with Crippen molar-refractivity contribution < 1.29 is 13.2 Å². The molecule has 2 aliphatic rings. The Labute approximate surface area is 160 Å². The summed E-state index contributed by atoms with van der Waals surface area (Å²) in [4.78, 5) is 6.44. The zero-order valence-electron chi connectivity index (χ0n) is 16.1. The standard InChI is InChI=1S/C21H28F3N3/c1-4-20(2,3)27-14-12-25(13-15-27)16-17-18(21(22,23)24)8-7-9-19(17)26-10-5-6-11-26/h1,7-9H,5-6,10-16H2,2-3H3. The summed E-state index contributed by atoms with van der Waals surface area (Å²) in [6, 6.07) is 4.59. The maximum absolute atomic E-state index is 13.7. The average molecular weight is 379 g/mol. The number of alkyl halides is 3. The molecule has 0 aliphatic carbocycles. The number of anilines is 1. The third-order valence-corrected chi connectivity index (χ3v) is 5.80. The van der Waals surface area contributed by atoms with E-state index in [1.807, 2.05) is 19.9 Å². The summed E-state index contributed by atoms with van der Waals surface area (Å²) in [6.45, 7) is 8.98. The Morgan fingerprint density at radius 2 is 1.63 bits per heavy atom. The lowest BCUT2D eigenvalue weighted by atomic mass is 10.0. The van der Waals surface area contributed by atoms with Gasteiger partial charge in [-0.15, -0.1) is 6.42 Å². The lowest BCUT2D eigenvalue weighted by Gasteiger charge is -2.42. The smallest absolute Gasteiger partial charge is 0.371 e. The minimum Gasteiger partial charge on any atom is -0.371 e. The van der Waals surface area contributed by atoms with Crippen LogP contribution in [0.1, 0.15) is 37.8 Å². The van der Waals surface area contributed by atoms with Crippen LogP contribution in [0.2, 0.25) is 0 Å². The van der Waals surface area contributed by atoms with Crippen LogP contribution in [0.5, 0.6) is 0 Å². The molecule has 2 aliphatic heterocycles. The highest BCUT2D eigenvalue weighted by atomic mass is 19.4. The van der Waals surface area contributed by atoms with Gasteiger partial charge in [0.2, 0.25) is 0 Å². The van der Waals surface area contributed by atoms with Crippen LogP contribution in [0, 0.1) is 12.3 Å². The number of nitrogens with zero attached hydrogens (tertiary/aromatic N) is 3. The maximum Gasteiger partial charge on any atom is 0.416 e. The maximum atomic E-state index is 13.7.